The quantitative estimate of drug-likeness (QED) is 0.909. The van der Waals surface area contributed by atoms with Crippen LogP contribution in [0.3, 0.4) is 0 Å². The van der Waals surface area contributed by atoms with Gasteiger partial charge in [0, 0.05) is 19.0 Å². The number of nitrogens with one attached hydrogen (secondary N) is 1. The molecule has 1 aromatic rings. The van der Waals surface area contributed by atoms with Crippen molar-refractivity contribution in [2.45, 2.75) is 25.8 Å². The van der Waals surface area contributed by atoms with Gasteiger partial charge >= 0.3 is 0 Å². The molecule has 1 aliphatic heterocycles. The highest BCUT2D eigenvalue weighted by atomic mass is 16.5. The Kier molecular flexibility index (Phi) is 4.67. The maximum Gasteiger partial charge on any atom is 0.249 e. The first-order valence-corrected chi connectivity index (χ1v) is 6.93. The van der Waals surface area contributed by atoms with Crippen LogP contribution in [-0.4, -0.2) is 38.6 Å². The van der Waals surface area contributed by atoms with Crippen LogP contribution in [0.4, 0.5) is 5.69 Å². The van der Waals surface area contributed by atoms with Gasteiger partial charge < -0.3 is 19.7 Å². The van der Waals surface area contributed by atoms with Gasteiger partial charge in [0.05, 0.1) is 19.9 Å². The average molecular weight is 292 g/mol. The third-order valence-electron chi connectivity index (χ3n) is 3.55. The van der Waals surface area contributed by atoms with E-state index in [-0.39, 0.29) is 18.2 Å². The fourth-order valence-corrected chi connectivity index (χ4v) is 2.36. The molecule has 0 aromatic heterocycles. The van der Waals surface area contributed by atoms with E-state index < -0.39 is 6.04 Å². The first-order valence-electron chi connectivity index (χ1n) is 6.93. The van der Waals surface area contributed by atoms with Gasteiger partial charge in [-0.25, -0.2) is 0 Å². The number of nitrogens with zero attached hydrogens (tertiary/aromatic N) is 1. The minimum absolute atomic E-state index is 0.112. The van der Waals surface area contributed by atoms with Crippen LogP contribution in [0.5, 0.6) is 11.5 Å². The van der Waals surface area contributed by atoms with Crippen LogP contribution in [0.2, 0.25) is 0 Å². The van der Waals surface area contributed by atoms with Crippen LogP contribution >= 0.6 is 0 Å². The Hall–Kier alpha value is -2.24. The predicted octanol–water partition coefficient (Wildman–Crippen LogP) is 1.34. The van der Waals surface area contributed by atoms with Crippen molar-refractivity contribution in [3.63, 3.8) is 0 Å². The number of amides is 2. The van der Waals surface area contributed by atoms with E-state index in [0.717, 1.165) is 0 Å². The van der Waals surface area contributed by atoms with E-state index in [1.807, 2.05) is 6.92 Å². The molecule has 1 saturated heterocycles. The van der Waals surface area contributed by atoms with E-state index in [4.69, 9.17) is 9.47 Å². The highest BCUT2D eigenvalue weighted by molar-refractivity contribution is 6.02. The van der Waals surface area contributed by atoms with Crippen LogP contribution in [0.15, 0.2) is 18.2 Å². The van der Waals surface area contributed by atoms with E-state index in [1.54, 1.807) is 37.3 Å². The second kappa shape index (κ2) is 6.47. The smallest absolute Gasteiger partial charge is 0.249 e. The fourth-order valence-electron chi connectivity index (χ4n) is 2.36. The van der Waals surface area contributed by atoms with E-state index in [1.165, 1.54) is 0 Å². The molecule has 1 aliphatic rings. The van der Waals surface area contributed by atoms with E-state index in [0.29, 0.717) is 30.2 Å². The summed E-state index contributed by atoms with van der Waals surface area (Å²) in [6, 6.07) is 4.77. The summed E-state index contributed by atoms with van der Waals surface area (Å²) in [5.74, 6) is 0.970. The lowest BCUT2D eigenvalue weighted by molar-refractivity contribution is -0.125. The monoisotopic (exact) mass is 292 g/mol. The van der Waals surface area contributed by atoms with Crippen molar-refractivity contribution >= 4 is 17.5 Å². The second-order valence-corrected chi connectivity index (χ2v) is 4.81. The Labute approximate surface area is 124 Å². The lowest BCUT2D eigenvalue weighted by Gasteiger charge is -2.25. The molecule has 0 spiro atoms. The van der Waals surface area contributed by atoms with Crippen LogP contribution in [0.25, 0.3) is 0 Å². The highest BCUT2D eigenvalue weighted by Gasteiger charge is 2.31. The summed E-state index contributed by atoms with van der Waals surface area (Å²) in [7, 11) is 3.12. The van der Waals surface area contributed by atoms with Gasteiger partial charge in [0.15, 0.2) is 0 Å². The zero-order valence-corrected chi connectivity index (χ0v) is 12.5. The number of carbonyl (C=O) groups excluding carboxylic acids is 2. The summed E-state index contributed by atoms with van der Waals surface area (Å²) < 4.78 is 10.5. The Bertz CT molecular complexity index is 544. The van der Waals surface area contributed by atoms with Crippen molar-refractivity contribution in [2.24, 2.45) is 0 Å². The minimum Gasteiger partial charge on any atom is -0.497 e. The van der Waals surface area contributed by atoms with Gasteiger partial charge in [-0.3, -0.25) is 9.59 Å². The van der Waals surface area contributed by atoms with E-state index in [2.05, 4.69) is 5.32 Å². The van der Waals surface area contributed by atoms with Crippen molar-refractivity contribution in [3.8, 4) is 11.5 Å². The normalized spacial score (nSPS) is 19.0. The Morgan fingerprint density at radius 3 is 2.67 bits per heavy atom. The predicted molar refractivity (Wildman–Crippen MR) is 78.7 cm³/mol. The number of anilines is 1. The summed E-state index contributed by atoms with van der Waals surface area (Å²) in [4.78, 5) is 25.9. The Morgan fingerprint density at radius 1 is 1.29 bits per heavy atom. The SMILES string of the molecule is CCC1NC(=O)CCN(c2cc(OC)ccc2OC)C1=O. The lowest BCUT2D eigenvalue weighted by atomic mass is 10.1. The van der Waals surface area contributed by atoms with E-state index in [9.17, 15) is 9.59 Å². The molecular formula is C15H20N2O4. The zero-order valence-electron chi connectivity index (χ0n) is 12.5. The number of ether oxygens (including phenoxy) is 2. The van der Waals surface area contributed by atoms with E-state index >= 15 is 0 Å². The molecule has 2 rings (SSSR count). The first kappa shape index (κ1) is 15.2. The second-order valence-electron chi connectivity index (χ2n) is 4.81. The molecule has 114 valence electrons. The number of methoxy groups -OCH3 is 2. The first-order chi connectivity index (χ1) is 10.1. The highest BCUT2D eigenvalue weighted by Crippen LogP contribution is 2.33. The molecule has 6 heteroatoms. The number of benzene rings is 1. The number of rotatable bonds is 4. The number of hydrogen-bond donors (Lipinski definition) is 1. The molecule has 0 saturated carbocycles. The van der Waals surface area contributed by atoms with Crippen LogP contribution < -0.4 is 19.7 Å². The molecule has 1 atom stereocenters. The summed E-state index contributed by atoms with van der Waals surface area (Å²) in [5, 5.41) is 2.74. The van der Waals surface area contributed by atoms with Gasteiger partial charge in [-0.05, 0) is 18.6 Å². The van der Waals surface area contributed by atoms with Crippen molar-refractivity contribution in [1.82, 2.24) is 5.32 Å². The maximum absolute atomic E-state index is 12.6. The summed E-state index contributed by atoms with van der Waals surface area (Å²) in [6.07, 6.45) is 0.815. The maximum atomic E-state index is 12.6. The zero-order chi connectivity index (χ0) is 15.4. The average Bonchev–Trinajstić information content (AvgIpc) is 2.65. The van der Waals surface area contributed by atoms with Gasteiger partial charge in [0.2, 0.25) is 11.8 Å². The Balaban J connectivity index is 2.42. The topological polar surface area (TPSA) is 67.9 Å². The molecule has 2 amide bonds. The summed E-state index contributed by atoms with van der Waals surface area (Å²) in [6.45, 7) is 2.19. The van der Waals surface area contributed by atoms with Crippen molar-refractivity contribution in [2.75, 3.05) is 25.7 Å². The van der Waals surface area contributed by atoms with Crippen molar-refractivity contribution in [3.05, 3.63) is 18.2 Å². The molecule has 1 aromatic carbocycles. The van der Waals surface area contributed by atoms with Gasteiger partial charge in [-0.15, -0.1) is 0 Å². The van der Waals surface area contributed by atoms with Gasteiger partial charge in [0.1, 0.15) is 17.5 Å². The summed E-state index contributed by atoms with van der Waals surface area (Å²) in [5.41, 5.74) is 0.622. The molecule has 1 fully saturated rings. The Morgan fingerprint density at radius 2 is 2.05 bits per heavy atom. The molecule has 21 heavy (non-hydrogen) atoms. The van der Waals surface area contributed by atoms with Gasteiger partial charge in [0.25, 0.3) is 0 Å². The van der Waals surface area contributed by atoms with Crippen molar-refractivity contribution in [1.29, 1.82) is 0 Å². The standard InChI is InChI=1S/C15H20N2O4/c1-4-11-15(19)17(8-7-14(18)16-11)12-9-10(20-2)5-6-13(12)21-3/h5-6,9,11H,4,7-8H2,1-3H3,(H,16,18). The molecule has 0 radical (unpaired) electrons. The van der Waals surface area contributed by atoms with Crippen LogP contribution in [0, 0.1) is 0 Å². The molecule has 1 unspecified atom stereocenters. The molecule has 0 aliphatic carbocycles. The molecular weight excluding hydrogens is 272 g/mol. The number of carbonyl (C=O) groups is 2. The molecule has 6 nitrogen and oxygen atoms in total. The molecule has 1 N–H and O–H groups in total. The van der Waals surface area contributed by atoms with Gasteiger partial charge in [-0.1, -0.05) is 6.92 Å². The molecule has 0 bridgehead atoms. The van der Waals surface area contributed by atoms with Crippen LogP contribution in [-0.2, 0) is 9.59 Å². The van der Waals surface area contributed by atoms with Crippen LogP contribution in [0.1, 0.15) is 19.8 Å². The molecule has 1 heterocycles. The lowest BCUT2D eigenvalue weighted by Crippen LogP contribution is -2.44. The third kappa shape index (κ3) is 3.09. The largest absolute Gasteiger partial charge is 0.497 e. The third-order valence-corrected chi connectivity index (χ3v) is 3.55. The van der Waals surface area contributed by atoms with Crippen molar-refractivity contribution < 1.29 is 19.1 Å². The minimum atomic E-state index is -0.504. The number of hydrogen-bond acceptors (Lipinski definition) is 4. The summed E-state index contributed by atoms with van der Waals surface area (Å²) >= 11 is 0. The van der Waals surface area contributed by atoms with Gasteiger partial charge in [-0.2, -0.15) is 0 Å². The fraction of sp³-hybridized carbons (Fsp3) is 0.467.